The number of aryl methyl sites for hydroxylation is 1. The molecule has 2 heteroatoms. The molecule has 0 amide bonds. The Kier molecular flexibility index (Phi) is 4.03. The number of nitrogens with zero attached hydrogens (tertiary/aromatic N) is 1. The lowest BCUT2D eigenvalue weighted by molar-refractivity contribution is 0.152. The molecule has 1 aromatic carbocycles. The number of benzene rings is 1. The average Bonchev–Trinajstić information content (AvgIpc) is 2.57. The van der Waals surface area contributed by atoms with Gasteiger partial charge in [0.2, 0.25) is 0 Å². The first-order chi connectivity index (χ1) is 8.29. The van der Waals surface area contributed by atoms with Crippen LogP contribution in [0.5, 0.6) is 5.75 Å². The highest BCUT2D eigenvalue weighted by Crippen LogP contribution is 2.27. The van der Waals surface area contributed by atoms with E-state index in [-0.39, 0.29) is 12.0 Å². The highest BCUT2D eigenvalue weighted by atomic mass is 16.5. The van der Waals surface area contributed by atoms with Crippen molar-refractivity contribution in [1.82, 2.24) is 0 Å². The first-order valence-electron chi connectivity index (χ1n) is 6.42. The van der Waals surface area contributed by atoms with Gasteiger partial charge in [-0.25, -0.2) is 0 Å². The Morgan fingerprint density at radius 2 is 1.82 bits per heavy atom. The van der Waals surface area contributed by atoms with Gasteiger partial charge in [-0.1, -0.05) is 30.5 Å². The summed E-state index contributed by atoms with van der Waals surface area (Å²) in [6.45, 7) is 2.06. The van der Waals surface area contributed by atoms with Gasteiger partial charge < -0.3 is 4.74 Å². The van der Waals surface area contributed by atoms with Crippen LogP contribution in [0.15, 0.2) is 24.3 Å². The van der Waals surface area contributed by atoms with E-state index in [0.717, 1.165) is 25.0 Å². The fourth-order valence-corrected chi connectivity index (χ4v) is 2.35. The summed E-state index contributed by atoms with van der Waals surface area (Å²) < 4.78 is 5.97. The van der Waals surface area contributed by atoms with E-state index in [1.165, 1.54) is 18.4 Å². The smallest absolute Gasteiger partial charge is 0.119 e. The Hall–Kier alpha value is -1.49. The third-order valence-electron chi connectivity index (χ3n) is 3.43. The number of hydrogen-bond acceptors (Lipinski definition) is 2. The Morgan fingerprint density at radius 3 is 2.53 bits per heavy atom. The Bertz CT molecular complexity index is 390. The first-order valence-corrected chi connectivity index (χ1v) is 6.42. The van der Waals surface area contributed by atoms with Crippen LogP contribution in [0.25, 0.3) is 0 Å². The Morgan fingerprint density at radius 1 is 1.12 bits per heavy atom. The van der Waals surface area contributed by atoms with E-state index in [0.29, 0.717) is 0 Å². The topological polar surface area (TPSA) is 33.0 Å². The van der Waals surface area contributed by atoms with Crippen molar-refractivity contribution in [1.29, 1.82) is 5.26 Å². The zero-order valence-corrected chi connectivity index (χ0v) is 10.4. The van der Waals surface area contributed by atoms with Gasteiger partial charge in [0.25, 0.3) is 0 Å². The van der Waals surface area contributed by atoms with E-state index in [4.69, 9.17) is 4.74 Å². The molecule has 0 heterocycles. The minimum atomic E-state index is 0.0544. The average molecular weight is 229 g/mol. The van der Waals surface area contributed by atoms with Crippen molar-refractivity contribution in [3.8, 4) is 11.8 Å². The largest absolute Gasteiger partial charge is 0.489 e. The minimum Gasteiger partial charge on any atom is -0.489 e. The highest BCUT2D eigenvalue weighted by Gasteiger charge is 2.25. The molecule has 17 heavy (non-hydrogen) atoms. The van der Waals surface area contributed by atoms with E-state index in [9.17, 15) is 5.26 Å². The lowest BCUT2D eigenvalue weighted by Crippen LogP contribution is -2.24. The van der Waals surface area contributed by atoms with Crippen molar-refractivity contribution in [2.24, 2.45) is 5.92 Å². The summed E-state index contributed by atoms with van der Waals surface area (Å²) in [6.07, 6.45) is 5.62. The molecule has 2 unspecified atom stereocenters. The second kappa shape index (κ2) is 5.72. The molecule has 0 N–H and O–H groups in total. The van der Waals surface area contributed by atoms with Crippen LogP contribution in [0.1, 0.15) is 37.7 Å². The summed E-state index contributed by atoms with van der Waals surface area (Å²) >= 11 is 0. The van der Waals surface area contributed by atoms with Crippen LogP contribution in [-0.4, -0.2) is 6.10 Å². The van der Waals surface area contributed by atoms with E-state index in [2.05, 4.69) is 13.0 Å². The Labute approximate surface area is 103 Å². The van der Waals surface area contributed by atoms with Crippen molar-refractivity contribution in [2.75, 3.05) is 0 Å². The standard InChI is InChI=1S/C15H19NO/c1-12-7-9-14(10-8-12)17-15-6-4-2-3-5-13(15)11-16/h7-10,13,15H,2-6H2,1H3. The summed E-state index contributed by atoms with van der Waals surface area (Å²) in [5.41, 5.74) is 1.23. The molecule has 0 aliphatic heterocycles. The summed E-state index contributed by atoms with van der Waals surface area (Å²) in [7, 11) is 0. The molecule has 2 atom stereocenters. The predicted octanol–water partition coefficient (Wildman–Crippen LogP) is 3.85. The summed E-state index contributed by atoms with van der Waals surface area (Å²) in [5.74, 6) is 0.946. The van der Waals surface area contributed by atoms with Crippen LogP contribution in [0.3, 0.4) is 0 Å². The number of rotatable bonds is 2. The van der Waals surface area contributed by atoms with Crippen LogP contribution in [0.2, 0.25) is 0 Å². The van der Waals surface area contributed by atoms with Gasteiger partial charge >= 0.3 is 0 Å². The number of hydrogen-bond donors (Lipinski definition) is 0. The fourth-order valence-electron chi connectivity index (χ4n) is 2.35. The molecule has 1 fully saturated rings. The van der Waals surface area contributed by atoms with Crippen molar-refractivity contribution in [3.63, 3.8) is 0 Å². The third-order valence-corrected chi connectivity index (χ3v) is 3.43. The maximum Gasteiger partial charge on any atom is 0.119 e. The van der Waals surface area contributed by atoms with Crippen molar-refractivity contribution in [3.05, 3.63) is 29.8 Å². The molecule has 0 spiro atoms. The van der Waals surface area contributed by atoms with E-state index in [1.54, 1.807) is 0 Å². The second-order valence-electron chi connectivity index (χ2n) is 4.84. The third kappa shape index (κ3) is 3.23. The predicted molar refractivity (Wildman–Crippen MR) is 67.8 cm³/mol. The van der Waals surface area contributed by atoms with Crippen molar-refractivity contribution < 1.29 is 4.74 Å². The van der Waals surface area contributed by atoms with Crippen LogP contribution in [0.4, 0.5) is 0 Å². The maximum absolute atomic E-state index is 9.18. The molecular weight excluding hydrogens is 210 g/mol. The van der Waals surface area contributed by atoms with Crippen molar-refractivity contribution in [2.45, 2.75) is 45.1 Å². The lowest BCUT2D eigenvalue weighted by atomic mass is 9.99. The van der Waals surface area contributed by atoms with E-state index < -0.39 is 0 Å². The minimum absolute atomic E-state index is 0.0544. The molecule has 1 aromatic rings. The maximum atomic E-state index is 9.18. The zero-order valence-electron chi connectivity index (χ0n) is 10.4. The van der Waals surface area contributed by atoms with Gasteiger partial charge in [0.1, 0.15) is 11.9 Å². The summed E-state index contributed by atoms with van der Waals surface area (Å²) in [4.78, 5) is 0. The number of nitriles is 1. The van der Waals surface area contributed by atoms with Gasteiger partial charge in [-0.3, -0.25) is 0 Å². The van der Waals surface area contributed by atoms with Gasteiger partial charge in [0.15, 0.2) is 0 Å². The van der Waals surface area contributed by atoms with Crippen LogP contribution >= 0.6 is 0 Å². The normalized spacial score (nSPS) is 24.7. The van der Waals surface area contributed by atoms with Gasteiger partial charge in [-0.05, 0) is 38.3 Å². The molecule has 90 valence electrons. The molecule has 0 aromatic heterocycles. The van der Waals surface area contributed by atoms with E-state index in [1.807, 2.05) is 24.3 Å². The first kappa shape index (κ1) is 12.0. The molecule has 1 aliphatic carbocycles. The van der Waals surface area contributed by atoms with Crippen LogP contribution in [0, 0.1) is 24.2 Å². The number of ether oxygens (including phenoxy) is 1. The molecule has 0 radical (unpaired) electrons. The molecule has 0 saturated heterocycles. The van der Waals surface area contributed by atoms with Gasteiger partial charge in [0, 0.05) is 0 Å². The highest BCUT2D eigenvalue weighted by molar-refractivity contribution is 5.26. The molecule has 1 saturated carbocycles. The molecule has 2 nitrogen and oxygen atoms in total. The van der Waals surface area contributed by atoms with Crippen LogP contribution < -0.4 is 4.74 Å². The lowest BCUT2D eigenvalue weighted by Gasteiger charge is -2.21. The van der Waals surface area contributed by atoms with Gasteiger partial charge in [-0.15, -0.1) is 0 Å². The molecule has 2 rings (SSSR count). The monoisotopic (exact) mass is 229 g/mol. The van der Waals surface area contributed by atoms with Crippen LogP contribution in [-0.2, 0) is 0 Å². The molecule has 1 aliphatic rings. The van der Waals surface area contributed by atoms with Gasteiger partial charge in [0.05, 0.1) is 12.0 Å². The van der Waals surface area contributed by atoms with E-state index >= 15 is 0 Å². The fraction of sp³-hybridized carbons (Fsp3) is 0.533. The van der Waals surface area contributed by atoms with Crippen molar-refractivity contribution >= 4 is 0 Å². The van der Waals surface area contributed by atoms with Gasteiger partial charge in [-0.2, -0.15) is 5.26 Å². The summed E-state index contributed by atoms with van der Waals surface area (Å²) in [5, 5.41) is 9.18. The summed E-state index contributed by atoms with van der Waals surface area (Å²) in [6, 6.07) is 10.5. The Balaban J connectivity index is 2.05. The quantitative estimate of drug-likeness (QED) is 0.722. The molecular formula is C15H19NO. The SMILES string of the molecule is Cc1ccc(OC2CCCCCC2C#N)cc1. The molecule has 0 bridgehead atoms. The second-order valence-corrected chi connectivity index (χ2v) is 4.84. The zero-order chi connectivity index (χ0) is 12.1.